The van der Waals surface area contributed by atoms with Crippen molar-refractivity contribution in [1.82, 2.24) is 10.3 Å². The summed E-state index contributed by atoms with van der Waals surface area (Å²) in [5, 5.41) is 3.17. The second kappa shape index (κ2) is 5.07. The summed E-state index contributed by atoms with van der Waals surface area (Å²) in [4.78, 5) is 15.7. The largest absolute Gasteiger partial charge is 0.368 e. The molecule has 0 aliphatic heterocycles. The highest BCUT2D eigenvalue weighted by Crippen LogP contribution is 2.17. The zero-order valence-corrected chi connectivity index (χ0v) is 10.0. The summed E-state index contributed by atoms with van der Waals surface area (Å²) in [7, 11) is 0. The minimum Gasteiger partial charge on any atom is -0.368 e. The highest BCUT2D eigenvalue weighted by molar-refractivity contribution is 5.85. The van der Waals surface area contributed by atoms with Gasteiger partial charge in [-0.05, 0) is 31.5 Å². The molecule has 1 rings (SSSR count). The van der Waals surface area contributed by atoms with E-state index in [0.29, 0.717) is 11.6 Å². The molecule has 0 bridgehead atoms. The van der Waals surface area contributed by atoms with E-state index < -0.39 is 11.4 Å². The molecule has 0 radical (unpaired) electrons. The smallest absolute Gasteiger partial charge is 0.243 e. The first-order valence-corrected chi connectivity index (χ1v) is 5.43. The number of nitrogens with two attached hydrogens (primary N) is 1. The van der Waals surface area contributed by atoms with E-state index >= 15 is 0 Å². The van der Waals surface area contributed by atoms with Crippen molar-refractivity contribution < 1.29 is 4.79 Å². The van der Waals surface area contributed by atoms with Gasteiger partial charge in [-0.1, -0.05) is 19.9 Å². The van der Waals surface area contributed by atoms with Crippen LogP contribution in [0.3, 0.4) is 0 Å². The van der Waals surface area contributed by atoms with Crippen molar-refractivity contribution in [2.45, 2.75) is 26.3 Å². The van der Waals surface area contributed by atoms with Gasteiger partial charge in [-0.25, -0.2) is 0 Å². The van der Waals surface area contributed by atoms with Crippen molar-refractivity contribution in [3.05, 3.63) is 30.1 Å². The lowest BCUT2D eigenvalue weighted by Gasteiger charge is -2.27. The number of nitrogens with one attached hydrogen (secondary N) is 1. The highest BCUT2D eigenvalue weighted by Gasteiger charge is 2.33. The Morgan fingerprint density at radius 1 is 1.56 bits per heavy atom. The van der Waals surface area contributed by atoms with Crippen LogP contribution in [-0.2, 0) is 10.3 Å². The van der Waals surface area contributed by atoms with Gasteiger partial charge >= 0.3 is 0 Å². The molecule has 1 atom stereocenters. The Morgan fingerprint density at radius 3 is 2.69 bits per heavy atom. The molecule has 1 aromatic heterocycles. The molecule has 0 saturated carbocycles. The molecule has 0 saturated heterocycles. The Hall–Kier alpha value is -1.42. The van der Waals surface area contributed by atoms with E-state index in [2.05, 4.69) is 24.1 Å². The minimum atomic E-state index is -0.897. The van der Waals surface area contributed by atoms with Crippen molar-refractivity contribution in [3.63, 3.8) is 0 Å². The van der Waals surface area contributed by atoms with Crippen LogP contribution in [0.5, 0.6) is 0 Å². The van der Waals surface area contributed by atoms with Crippen LogP contribution in [-0.4, -0.2) is 17.4 Å². The summed E-state index contributed by atoms with van der Waals surface area (Å²) in [6.45, 7) is 6.63. The molecule has 0 aliphatic rings. The first kappa shape index (κ1) is 12.6. The lowest BCUT2D eigenvalue weighted by Crippen LogP contribution is -2.51. The Kier molecular flexibility index (Phi) is 4.01. The fourth-order valence-corrected chi connectivity index (χ4v) is 1.37. The summed E-state index contributed by atoms with van der Waals surface area (Å²) in [5.74, 6) is 0.0363. The quantitative estimate of drug-likeness (QED) is 0.780. The SMILES string of the molecule is CC(C)CNC(C)(C(N)=O)c1ccccn1. The van der Waals surface area contributed by atoms with Gasteiger partial charge in [0, 0.05) is 6.20 Å². The van der Waals surface area contributed by atoms with Crippen molar-refractivity contribution in [1.29, 1.82) is 0 Å². The number of amides is 1. The number of hydrogen-bond donors (Lipinski definition) is 2. The normalized spacial score (nSPS) is 14.8. The molecule has 1 aromatic rings. The van der Waals surface area contributed by atoms with Gasteiger partial charge in [0.2, 0.25) is 5.91 Å². The van der Waals surface area contributed by atoms with Gasteiger partial charge in [0.15, 0.2) is 0 Å². The molecule has 0 aliphatic carbocycles. The number of aromatic nitrogens is 1. The summed E-state index contributed by atoms with van der Waals surface area (Å²) in [6, 6.07) is 5.46. The maximum atomic E-state index is 11.6. The van der Waals surface area contributed by atoms with Gasteiger partial charge in [-0.2, -0.15) is 0 Å². The first-order valence-electron chi connectivity index (χ1n) is 5.43. The Morgan fingerprint density at radius 2 is 2.25 bits per heavy atom. The molecule has 1 amide bonds. The van der Waals surface area contributed by atoms with E-state index in [9.17, 15) is 4.79 Å². The van der Waals surface area contributed by atoms with Gasteiger partial charge in [0.05, 0.1) is 5.69 Å². The maximum Gasteiger partial charge on any atom is 0.243 e. The highest BCUT2D eigenvalue weighted by atomic mass is 16.1. The molecule has 1 heterocycles. The second-order valence-electron chi connectivity index (χ2n) is 4.48. The monoisotopic (exact) mass is 221 g/mol. The predicted octanol–water partition coefficient (Wildman–Crippen LogP) is 1.03. The fourth-order valence-electron chi connectivity index (χ4n) is 1.37. The lowest BCUT2D eigenvalue weighted by molar-refractivity contribution is -0.124. The van der Waals surface area contributed by atoms with Crippen molar-refractivity contribution >= 4 is 5.91 Å². The van der Waals surface area contributed by atoms with Gasteiger partial charge in [-0.3, -0.25) is 15.1 Å². The zero-order valence-electron chi connectivity index (χ0n) is 10.0. The first-order chi connectivity index (χ1) is 7.47. The van der Waals surface area contributed by atoms with E-state index in [0.717, 1.165) is 6.54 Å². The third-order valence-electron chi connectivity index (χ3n) is 2.53. The minimum absolute atomic E-state index is 0.410. The standard InChI is InChI=1S/C12H19N3O/c1-9(2)8-15-12(3,11(13)16)10-6-4-5-7-14-10/h4-7,9,15H,8H2,1-3H3,(H2,13,16). The van der Waals surface area contributed by atoms with E-state index in [1.165, 1.54) is 0 Å². The van der Waals surface area contributed by atoms with Crippen LogP contribution in [0, 0.1) is 5.92 Å². The number of pyridine rings is 1. The molecule has 0 fully saturated rings. The third kappa shape index (κ3) is 2.79. The Balaban J connectivity index is 2.93. The second-order valence-corrected chi connectivity index (χ2v) is 4.48. The summed E-state index contributed by atoms with van der Waals surface area (Å²) in [5.41, 5.74) is 5.21. The molecule has 88 valence electrons. The number of carbonyl (C=O) groups excluding carboxylic acids is 1. The van der Waals surface area contributed by atoms with E-state index in [1.54, 1.807) is 19.2 Å². The maximum absolute atomic E-state index is 11.6. The molecule has 4 nitrogen and oxygen atoms in total. The molecule has 4 heteroatoms. The van der Waals surface area contributed by atoms with Crippen molar-refractivity contribution in [2.75, 3.05) is 6.54 Å². The zero-order chi connectivity index (χ0) is 12.2. The number of primary amides is 1. The molecule has 16 heavy (non-hydrogen) atoms. The fraction of sp³-hybridized carbons (Fsp3) is 0.500. The number of carbonyl (C=O) groups is 1. The summed E-state index contributed by atoms with van der Waals surface area (Å²) in [6.07, 6.45) is 1.66. The average molecular weight is 221 g/mol. The van der Waals surface area contributed by atoms with Crippen molar-refractivity contribution in [2.24, 2.45) is 11.7 Å². The average Bonchev–Trinajstić information content (AvgIpc) is 2.26. The van der Waals surface area contributed by atoms with E-state index in [1.807, 2.05) is 12.1 Å². The Bertz CT molecular complexity index is 351. The van der Waals surface area contributed by atoms with Crippen LogP contribution in [0.25, 0.3) is 0 Å². The van der Waals surface area contributed by atoms with E-state index in [4.69, 9.17) is 5.73 Å². The van der Waals surface area contributed by atoms with Gasteiger partial charge in [0.1, 0.15) is 5.54 Å². The van der Waals surface area contributed by atoms with Crippen LogP contribution in [0.2, 0.25) is 0 Å². The molecular formula is C12H19N3O. The number of hydrogen-bond acceptors (Lipinski definition) is 3. The Labute approximate surface area is 96.3 Å². The predicted molar refractivity (Wildman–Crippen MR) is 63.6 cm³/mol. The lowest BCUT2D eigenvalue weighted by atomic mass is 9.95. The third-order valence-corrected chi connectivity index (χ3v) is 2.53. The van der Waals surface area contributed by atoms with E-state index in [-0.39, 0.29) is 0 Å². The van der Waals surface area contributed by atoms with Crippen LogP contribution < -0.4 is 11.1 Å². The van der Waals surface area contributed by atoms with Crippen molar-refractivity contribution in [3.8, 4) is 0 Å². The molecule has 1 unspecified atom stereocenters. The molecule has 0 spiro atoms. The number of nitrogens with zero attached hydrogens (tertiary/aromatic N) is 1. The van der Waals surface area contributed by atoms with Crippen LogP contribution >= 0.6 is 0 Å². The topological polar surface area (TPSA) is 68.0 Å². The molecule has 3 N–H and O–H groups in total. The van der Waals surface area contributed by atoms with Gasteiger partial charge in [0.25, 0.3) is 0 Å². The van der Waals surface area contributed by atoms with Crippen LogP contribution in [0.15, 0.2) is 24.4 Å². The molecule has 0 aromatic carbocycles. The number of rotatable bonds is 5. The van der Waals surface area contributed by atoms with Crippen LogP contribution in [0.1, 0.15) is 26.5 Å². The summed E-state index contributed by atoms with van der Waals surface area (Å²) < 4.78 is 0. The van der Waals surface area contributed by atoms with Crippen LogP contribution in [0.4, 0.5) is 0 Å². The van der Waals surface area contributed by atoms with Gasteiger partial charge < -0.3 is 5.73 Å². The summed E-state index contributed by atoms with van der Waals surface area (Å²) >= 11 is 0. The molecular weight excluding hydrogens is 202 g/mol. The van der Waals surface area contributed by atoms with Gasteiger partial charge in [-0.15, -0.1) is 0 Å².